The first kappa shape index (κ1) is 16.2. The van der Waals surface area contributed by atoms with E-state index in [-0.39, 0.29) is 40.8 Å². The van der Waals surface area contributed by atoms with Gasteiger partial charge in [0.2, 0.25) is 0 Å². The predicted octanol–water partition coefficient (Wildman–Crippen LogP) is 1.44. The van der Waals surface area contributed by atoms with Crippen LogP contribution in [0.3, 0.4) is 0 Å². The van der Waals surface area contributed by atoms with E-state index >= 15 is 0 Å². The molecule has 1 aromatic carbocycles. The monoisotopic (exact) mass is 306 g/mol. The maximum atomic E-state index is 12.2. The molecule has 1 aromatic rings. The third-order valence-corrected chi connectivity index (χ3v) is 3.57. The Labute approximate surface area is 128 Å². The second-order valence-electron chi connectivity index (χ2n) is 4.89. The van der Waals surface area contributed by atoms with Gasteiger partial charge in [-0.1, -0.05) is 0 Å². The van der Waals surface area contributed by atoms with E-state index in [1.807, 2.05) is 0 Å². The van der Waals surface area contributed by atoms with Crippen molar-refractivity contribution in [2.45, 2.75) is 18.9 Å². The van der Waals surface area contributed by atoms with Crippen LogP contribution in [0.2, 0.25) is 0 Å². The van der Waals surface area contributed by atoms with Crippen LogP contribution in [0, 0.1) is 0 Å². The van der Waals surface area contributed by atoms with Crippen molar-refractivity contribution >= 4 is 11.6 Å². The van der Waals surface area contributed by atoms with E-state index < -0.39 is 6.10 Å². The van der Waals surface area contributed by atoms with Gasteiger partial charge in [-0.2, -0.15) is 0 Å². The lowest BCUT2D eigenvalue weighted by Crippen LogP contribution is -2.17. The number of carbonyl (C=O) groups excluding carboxylic acids is 2. The molecule has 22 heavy (non-hydrogen) atoms. The van der Waals surface area contributed by atoms with E-state index in [1.165, 1.54) is 32.4 Å². The molecule has 6 heteroatoms. The number of methoxy groups -OCH3 is 2. The van der Waals surface area contributed by atoms with Gasteiger partial charge in [0.25, 0.3) is 0 Å². The number of aliphatic hydroxyl groups is 2. The summed E-state index contributed by atoms with van der Waals surface area (Å²) in [6.07, 6.45) is 2.13. The zero-order valence-corrected chi connectivity index (χ0v) is 12.5. The van der Waals surface area contributed by atoms with Gasteiger partial charge in [-0.15, -0.1) is 0 Å². The van der Waals surface area contributed by atoms with Gasteiger partial charge in [-0.3, -0.25) is 9.59 Å². The van der Waals surface area contributed by atoms with Crippen LogP contribution >= 0.6 is 0 Å². The Morgan fingerprint density at radius 1 is 1.09 bits per heavy atom. The molecule has 1 aliphatic carbocycles. The van der Waals surface area contributed by atoms with Crippen LogP contribution in [-0.4, -0.2) is 42.6 Å². The summed E-state index contributed by atoms with van der Waals surface area (Å²) in [5, 5.41) is 19.2. The standard InChI is InChI=1S/C16H18O6/c1-21-13-8-9(10(18)4-3-7-17)16(22-2)15-12(20)6-5-11(19)14(13)15/h5-6,8,10,17-18H,3-4,7H2,1-2H3. The Morgan fingerprint density at radius 3 is 2.27 bits per heavy atom. The summed E-state index contributed by atoms with van der Waals surface area (Å²) in [7, 11) is 2.77. The fourth-order valence-corrected chi connectivity index (χ4v) is 2.53. The van der Waals surface area contributed by atoms with E-state index in [0.717, 1.165) is 0 Å². The predicted molar refractivity (Wildman–Crippen MR) is 78.6 cm³/mol. The summed E-state index contributed by atoms with van der Waals surface area (Å²) in [5.74, 6) is -0.331. The number of rotatable bonds is 6. The van der Waals surface area contributed by atoms with Gasteiger partial charge >= 0.3 is 0 Å². The summed E-state index contributed by atoms with van der Waals surface area (Å²) in [6.45, 7) is -0.0540. The molecule has 1 unspecified atom stereocenters. The molecule has 118 valence electrons. The SMILES string of the molecule is COc1cc(C(O)CCCO)c(OC)c2c1C(=O)C=CC2=O. The molecule has 1 aliphatic rings. The first-order valence-corrected chi connectivity index (χ1v) is 6.89. The minimum absolute atomic E-state index is 0.0540. The molecule has 2 N–H and O–H groups in total. The van der Waals surface area contributed by atoms with E-state index in [4.69, 9.17) is 14.6 Å². The van der Waals surface area contributed by atoms with Gasteiger partial charge in [0.1, 0.15) is 11.5 Å². The Hall–Kier alpha value is -2.18. The zero-order chi connectivity index (χ0) is 16.3. The van der Waals surface area contributed by atoms with Crippen LogP contribution in [0.15, 0.2) is 18.2 Å². The quantitative estimate of drug-likeness (QED) is 0.826. The average molecular weight is 306 g/mol. The molecule has 2 rings (SSSR count). The molecule has 0 aliphatic heterocycles. The summed E-state index contributed by atoms with van der Waals surface area (Å²) in [6, 6.07) is 1.50. The van der Waals surface area contributed by atoms with Gasteiger partial charge in [0, 0.05) is 12.2 Å². The maximum absolute atomic E-state index is 12.2. The fourth-order valence-electron chi connectivity index (χ4n) is 2.53. The van der Waals surface area contributed by atoms with Gasteiger partial charge < -0.3 is 19.7 Å². The highest BCUT2D eigenvalue weighted by Gasteiger charge is 2.31. The highest BCUT2D eigenvalue weighted by Crippen LogP contribution is 2.40. The molecule has 1 atom stereocenters. The molecule has 0 saturated carbocycles. The van der Waals surface area contributed by atoms with Crippen molar-refractivity contribution in [1.29, 1.82) is 0 Å². The lowest BCUT2D eigenvalue weighted by molar-refractivity contribution is 0.0987. The number of allylic oxidation sites excluding steroid dienone is 2. The van der Waals surface area contributed by atoms with Crippen molar-refractivity contribution in [3.05, 3.63) is 34.9 Å². The van der Waals surface area contributed by atoms with Crippen molar-refractivity contribution in [3.63, 3.8) is 0 Å². The second-order valence-corrected chi connectivity index (χ2v) is 4.89. The number of benzene rings is 1. The molecule has 6 nitrogen and oxygen atoms in total. The van der Waals surface area contributed by atoms with E-state index in [0.29, 0.717) is 18.4 Å². The molecule has 0 saturated heterocycles. The number of fused-ring (bicyclic) bond motifs is 1. The van der Waals surface area contributed by atoms with Gasteiger partial charge in [0.15, 0.2) is 11.6 Å². The largest absolute Gasteiger partial charge is 0.496 e. The number of aliphatic hydroxyl groups excluding tert-OH is 2. The second kappa shape index (κ2) is 6.72. The summed E-state index contributed by atoms with van der Waals surface area (Å²) in [4.78, 5) is 24.2. The number of ketones is 2. The number of hydrogen-bond acceptors (Lipinski definition) is 6. The zero-order valence-electron chi connectivity index (χ0n) is 12.5. The van der Waals surface area contributed by atoms with Crippen molar-refractivity contribution < 1.29 is 29.3 Å². The Balaban J connectivity index is 2.65. The molecule has 0 bridgehead atoms. The van der Waals surface area contributed by atoms with Crippen LogP contribution in [0.5, 0.6) is 11.5 Å². The highest BCUT2D eigenvalue weighted by molar-refractivity contribution is 6.24. The summed E-state index contributed by atoms with van der Waals surface area (Å²) in [5.41, 5.74) is 0.611. The number of carbonyl (C=O) groups is 2. The number of ether oxygens (including phenoxy) is 2. The molecule has 0 heterocycles. The topological polar surface area (TPSA) is 93.1 Å². The molecular weight excluding hydrogens is 288 g/mol. The maximum Gasteiger partial charge on any atom is 0.190 e. The van der Waals surface area contributed by atoms with E-state index in [9.17, 15) is 14.7 Å². The molecule has 0 fully saturated rings. The molecule has 0 amide bonds. The Bertz CT molecular complexity index is 632. The van der Waals surface area contributed by atoms with Crippen LogP contribution in [-0.2, 0) is 0 Å². The Morgan fingerprint density at radius 2 is 1.73 bits per heavy atom. The van der Waals surface area contributed by atoms with Crippen LogP contribution in [0.4, 0.5) is 0 Å². The lowest BCUT2D eigenvalue weighted by atomic mass is 9.88. The summed E-state index contributed by atoms with van der Waals surface area (Å²) >= 11 is 0. The molecular formula is C16H18O6. The minimum Gasteiger partial charge on any atom is -0.496 e. The van der Waals surface area contributed by atoms with Crippen LogP contribution in [0.1, 0.15) is 45.2 Å². The Kier molecular flexibility index (Phi) is 4.95. The first-order chi connectivity index (χ1) is 10.5. The van der Waals surface area contributed by atoms with Gasteiger partial charge in [-0.25, -0.2) is 0 Å². The third-order valence-electron chi connectivity index (χ3n) is 3.57. The van der Waals surface area contributed by atoms with Crippen molar-refractivity contribution in [1.82, 2.24) is 0 Å². The first-order valence-electron chi connectivity index (χ1n) is 6.89. The summed E-state index contributed by atoms with van der Waals surface area (Å²) < 4.78 is 10.5. The minimum atomic E-state index is -0.935. The number of hydrogen-bond donors (Lipinski definition) is 2. The smallest absolute Gasteiger partial charge is 0.190 e. The average Bonchev–Trinajstić information content (AvgIpc) is 2.54. The molecule has 0 spiro atoms. The fraction of sp³-hybridized carbons (Fsp3) is 0.375. The normalized spacial score (nSPS) is 14.7. The van der Waals surface area contributed by atoms with E-state index in [2.05, 4.69) is 0 Å². The highest BCUT2D eigenvalue weighted by atomic mass is 16.5. The van der Waals surface area contributed by atoms with E-state index in [1.54, 1.807) is 0 Å². The lowest BCUT2D eigenvalue weighted by Gasteiger charge is -2.22. The van der Waals surface area contributed by atoms with Crippen molar-refractivity contribution in [2.75, 3.05) is 20.8 Å². The van der Waals surface area contributed by atoms with Crippen molar-refractivity contribution in [2.24, 2.45) is 0 Å². The molecule has 0 radical (unpaired) electrons. The van der Waals surface area contributed by atoms with Crippen LogP contribution < -0.4 is 9.47 Å². The van der Waals surface area contributed by atoms with Crippen LogP contribution in [0.25, 0.3) is 0 Å². The third kappa shape index (κ3) is 2.75. The van der Waals surface area contributed by atoms with Gasteiger partial charge in [0.05, 0.1) is 31.5 Å². The van der Waals surface area contributed by atoms with Crippen molar-refractivity contribution in [3.8, 4) is 11.5 Å². The van der Waals surface area contributed by atoms with Gasteiger partial charge in [-0.05, 0) is 31.1 Å². The molecule has 0 aromatic heterocycles.